The number of anilines is 1. The van der Waals surface area contributed by atoms with Gasteiger partial charge >= 0.3 is 0 Å². The number of H-pyrrole nitrogens is 1. The Bertz CT molecular complexity index is 1200. The van der Waals surface area contributed by atoms with E-state index in [-0.39, 0.29) is 12.5 Å². The number of rotatable bonds is 4. The molecule has 0 aromatic carbocycles. The van der Waals surface area contributed by atoms with Crippen molar-refractivity contribution in [3.63, 3.8) is 0 Å². The molecule has 8 heteroatoms. The van der Waals surface area contributed by atoms with Crippen LogP contribution in [0.4, 0.5) is 5.82 Å². The van der Waals surface area contributed by atoms with Gasteiger partial charge in [0.1, 0.15) is 12.1 Å². The topological polar surface area (TPSA) is 108 Å². The minimum atomic E-state index is -0.0905. The lowest BCUT2D eigenvalue weighted by molar-refractivity contribution is 0.282. The lowest BCUT2D eigenvalue weighted by atomic mass is 9.98. The first kappa shape index (κ1) is 19.0. The van der Waals surface area contributed by atoms with E-state index < -0.39 is 0 Å². The van der Waals surface area contributed by atoms with Crippen molar-refractivity contribution in [1.29, 1.82) is 0 Å². The van der Waals surface area contributed by atoms with E-state index in [0.29, 0.717) is 11.7 Å². The van der Waals surface area contributed by atoms with Gasteiger partial charge in [0.25, 0.3) is 0 Å². The number of aliphatic hydroxyl groups excluding tert-OH is 1. The third-order valence-corrected chi connectivity index (χ3v) is 6.02. The van der Waals surface area contributed by atoms with Gasteiger partial charge < -0.3 is 20.7 Å². The fourth-order valence-corrected chi connectivity index (χ4v) is 4.42. The summed E-state index contributed by atoms with van der Waals surface area (Å²) < 4.78 is 1.71. The average molecular weight is 406 g/mol. The maximum absolute atomic E-state index is 9.82. The first-order chi connectivity index (χ1) is 14.5. The molecule has 1 saturated heterocycles. The average Bonchev–Trinajstić information content (AvgIpc) is 3.37. The van der Waals surface area contributed by atoms with Crippen molar-refractivity contribution < 1.29 is 5.11 Å². The van der Waals surface area contributed by atoms with Crippen LogP contribution in [0.15, 0.2) is 30.7 Å². The first-order valence-corrected chi connectivity index (χ1v) is 10.5. The number of piperidine rings is 1. The van der Waals surface area contributed by atoms with Crippen molar-refractivity contribution in [2.45, 2.75) is 45.3 Å². The summed E-state index contributed by atoms with van der Waals surface area (Å²) in [5.41, 5.74) is 12.6. The molecule has 1 fully saturated rings. The van der Waals surface area contributed by atoms with Gasteiger partial charge in [0.05, 0.1) is 23.3 Å². The smallest absolute Gasteiger partial charge is 0.160 e. The van der Waals surface area contributed by atoms with Gasteiger partial charge in [-0.2, -0.15) is 5.10 Å². The van der Waals surface area contributed by atoms with Crippen molar-refractivity contribution in [3.8, 4) is 11.3 Å². The third kappa shape index (κ3) is 3.12. The molecule has 5 rings (SSSR count). The monoisotopic (exact) mass is 405 g/mol. The van der Waals surface area contributed by atoms with E-state index in [4.69, 9.17) is 10.7 Å². The lowest BCUT2D eigenvalue weighted by Crippen LogP contribution is -2.40. The van der Waals surface area contributed by atoms with Crippen molar-refractivity contribution in [1.82, 2.24) is 24.6 Å². The van der Waals surface area contributed by atoms with Crippen LogP contribution in [0.2, 0.25) is 0 Å². The normalized spacial score (nSPS) is 15.7. The minimum Gasteiger partial charge on any atom is -0.392 e. The summed E-state index contributed by atoms with van der Waals surface area (Å²) in [5, 5.41) is 14.1. The Hall–Kier alpha value is -2.97. The fraction of sp³-hybridized carbons (Fsp3) is 0.409. The zero-order chi connectivity index (χ0) is 20.8. The third-order valence-electron chi connectivity index (χ3n) is 6.02. The summed E-state index contributed by atoms with van der Waals surface area (Å²) in [7, 11) is 0. The molecule has 0 saturated carbocycles. The van der Waals surface area contributed by atoms with E-state index in [2.05, 4.69) is 45.9 Å². The van der Waals surface area contributed by atoms with Crippen LogP contribution >= 0.6 is 0 Å². The Morgan fingerprint density at radius 3 is 2.80 bits per heavy atom. The summed E-state index contributed by atoms with van der Waals surface area (Å²) in [5.74, 6) is 1.28. The van der Waals surface area contributed by atoms with E-state index in [9.17, 15) is 5.11 Å². The SMILES string of the molecule is CC(C)c1c(-c2cc(CO)c3ncnn3c2)[nH]c2ccc(N3CCC(N)CC3)nc12. The van der Waals surface area contributed by atoms with Gasteiger partial charge in [-0.25, -0.2) is 14.5 Å². The Morgan fingerprint density at radius 2 is 2.07 bits per heavy atom. The summed E-state index contributed by atoms with van der Waals surface area (Å²) in [6.07, 6.45) is 5.45. The molecule has 4 N–H and O–H groups in total. The molecule has 0 aliphatic carbocycles. The van der Waals surface area contributed by atoms with Crippen LogP contribution in [-0.2, 0) is 6.61 Å². The van der Waals surface area contributed by atoms with E-state index in [0.717, 1.165) is 59.6 Å². The van der Waals surface area contributed by atoms with Gasteiger partial charge in [-0.3, -0.25) is 0 Å². The summed E-state index contributed by atoms with van der Waals surface area (Å²) in [4.78, 5) is 15.2. The number of aromatic nitrogens is 5. The quantitative estimate of drug-likeness (QED) is 0.482. The van der Waals surface area contributed by atoms with Crippen molar-refractivity contribution in [2.75, 3.05) is 18.0 Å². The fourth-order valence-electron chi connectivity index (χ4n) is 4.42. The molecule has 0 amide bonds. The molecular formula is C22H27N7O. The second-order valence-electron chi connectivity index (χ2n) is 8.40. The maximum atomic E-state index is 9.82. The molecular weight excluding hydrogens is 378 g/mol. The molecule has 1 aliphatic rings. The molecule has 0 spiro atoms. The number of hydrogen-bond donors (Lipinski definition) is 3. The number of nitrogens with two attached hydrogens (primary N) is 1. The molecule has 1 aliphatic heterocycles. The number of nitrogens with one attached hydrogen (secondary N) is 1. The lowest BCUT2D eigenvalue weighted by Gasteiger charge is -2.31. The maximum Gasteiger partial charge on any atom is 0.160 e. The Kier molecular flexibility index (Phi) is 4.67. The summed E-state index contributed by atoms with van der Waals surface area (Å²) >= 11 is 0. The van der Waals surface area contributed by atoms with E-state index in [1.165, 1.54) is 11.9 Å². The standard InChI is InChI=1S/C22H27N7O/c1-13(2)19-20(14-9-15(11-30)22-24-12-25-29(22)10-14)26-17-3-4-18(27-21(17)19)28-7-5-16(23)6-8-28/h3-4,9-10,12-13,16,26,30H,5-8,11,23H2,1-2H3. The molecule has 4 aromatic heterocycles. The molecule has 8 nitrogen and oxygen atoms in total. The molecule has 0 unspecified atom stereocenters. The number of nitrogens with zero attached hydrogens (tertiary/aromatic N) is 5. The first-order valence-electron chi connectivity index (χ1n) is 10.5. The highest BCUT2D eigenvalue weighted by atomic mass is 16.3. The van der Waals surface area contributed by atoms with Gasteiger partial charge in [-0.05, 0) is 37.0 Å². The van der Waals surface area contributed by atoms with Crippen LogP contribution in [0.5, 0.6) is 0 Å². The van der Waals surface area contributed by atoms with Gasteiger partial charge in [-0.1, -0.05) is 13.8 Å². The molecule has 4 aromatic rings. The number of aromatic amines is 1. The highest BCUT2D eigenvalue weighted by Gasteiger charge is 2.22. The minimum absolute atomic E-state index is 0.0905. The van der Waals surface area contributed by atoms with Crippen LogP contribution in [0.3, 0.4) is 0 Å². The van der Waals surface area contributed by atoms with Gasteiger partial charge in [0.15, 0.2) is 5.65 Å². The molecule has 0 bridgehead atoms. The number of pyridine rings is 2. The second-order valence-corrected chi connectivity index (χ2v) is 8.40. The summed E-state index contributed by atoms with van der Waals surface area (Å²) in [6, 6.07) is 6.47. The van der Waals surface area contributed by atoms with Gasteiger partial charge in [0.2, 0.25) is 0 Å². The summed E-state index contributed by atoms with van der Waals surface area (Å²) in [6.45, 7) is 6.16. The van der Waals surface area contributed by atoms with Crippen LogP contribution in [-0.4, -0.2) is 48.8 Å². The zero-order valence-electron chi connectivity index (χ0n) is 17.3. The Morgan fingerprint density at radius 1 is 1.27 bits per heavy atom. The van der Waals surface area contributed by atoms with Crippen LogP contribution < -0.4 is 10.6 Å². The predicted molar refractivity (Wildman–Crippen MR) is 118 cm³/mol. The van der Waals surface area contributed by atoms with Crippen LogP contribution in [0, 0.1) is 0 Å². The van der Waals surface area contributed by atoms with E-state index in [1.54, 1.807) is 4.52 Å². The number of aliphatic hydroxyl groups is 1. The highest BCUT2D eigenvalue weighted by Crippen LogP contribution is 2.36. The largest absolute Gasteiger partial charge is 0.392 e. The van der Waals surface area contributed by atoms with Crippen molar-refractivity contribution in [3.05, 3.63) is 41.9 Å². The Labute approximate surface area is 174 Å². The number of fused-ring (bicyclic) bond motifs is 2. The molecule has 0 atom stereocenters. The highest BCUT2D eigenvalue weighted by molar-refractivity contribution is 5.89. The number of hydrogen-bond acceptors (Lipinski definition) is 6. The molecule has 0 radical (unpaired) electrons. The van der Waals surface area contributed by atoms with E-state index in [1.807, 2.05) is 12.3 Å². The van der Waals surface area contributed by atoms with Crippen LogP contribution in [0.1, 0.15) is 43.7 Å². The van der Waals surface area contributed by atoms with Crippen molar-refractivity contribution >= 4 is 22.5 Å². The van der Waals surface area contributed by atoms with Crippen molar-refractivity contribution in [2.24, 2.45) is 5.73 Å². The van der Waals surface area contributed by atoms with Gasteiger partial charge in [-0.15, -0.1) is 0 Å². The van der Waals surface area contributed by atoms with Gasteiger partial charge in [0, 0.05) is 42.0 Å². The molecule has 5 heterocycles. The molecule has 156 valence electrons. The molecule has 30 heavy (non-hydrogen) atoms. The van der Waals surface area contributed by atoms with Crippen LogP contribution in [0.25, 0.3) is 27.9 Å². The zero-order valence-corrected chi connectivity index (χ0v) is 17.3. The van der Waals surface area contributed by atoms with E-state index >= 15 is 0 Å². The predicted octanol–water partition coefficient (Wildman–Crippen LogP) is 2.82. The second kappa shape index (κ2) is 7.37. The Balaban J connectivity index is 1.65.